The molecule has 176 valence electrons. The molecule has 0 saturated carbocycles. The van der Waals surface area contributed by atoms with E-state index < -0.39 is 0 Å². The van der Waals surface area contributed by atoms with Crippen molar-refractivity contribution in [3.8, 4) is 34.2 Å². The quantitative estimate of drug-likeness (QED) is 0.259. The van der Waals surface area contributed by atoms with Crippen molar-refractivity contribution < 1.29 is 0 Å². The van der Waals surface area contributed by atoms with Crippen LogP contribution in [0.2, 0.25) is 0 Å². The lowest BCUT2D eigenvalue weighted by atomic mass is 9.85. The summed E-state index contributed by atoms with van der Waals surface area (Å²) in [4.78, 5) is 20.4. The van der Waals surface area contributed by atoms with Crippen molar-refractivity contribution in [2.24, 2.45) is 0 Å². The molecule has 2 atom stereocenters. The molecule has 1 aliphatic heterocycles. The summed E-state index contributed by atoms with van der Waals surface area (Å²) < 4.78 is 0. The van der Waals surface area contributed by atoms with Crippen molar-refractivity contribution in [1.29, 1.82) is 0 Å². The van der Waals surface area contributed by atoms with E-state index in [1.807, 2.05) is 84.8 Å². The Labute approximate surface area is 219 Å². The Kier molecular flexibility index (Phi) is 5.48. The number of nitrogens with zero attached hydrogens (tertiary/aromatic N) is 4. The number of fused-ring (bicyclic) bond motifs is 3. The minimum atomic E-state index is 0.237. The van der Waals surface area contributed by atoms with Gasteiger partial charge in [0.1, 0.15) is 0 Å². The normalized spacial score (nSPS) is 17.7. The molecule has 0 saturated heterocycles. The molecule has 3 aromatic carbocycles. The molecule has 0 spiro atoms. The smallest absolute Gasteiger partial charge is 0.164 e. The van der Waals surface area contributed by atoms with E-state index in [0.29, 0.717) is 22.7 Å². The van der Waals surface area contributed by atoms with Gasteiger partial charge in [0.2, 0.25) is 0 Å². The van der Waals surface area contributed by atoms with Crippen molar-refractivity contribution in [1.82, 2.24) is 19.9 Å². The Morgan fingerprint density at radius 1 is 0.595 bits per heavy atom. The second kappa shape index (κ2) is 9.26. The van der Waals surface area contributed by atoms with Crippen LogP contribution in [0.4, 0.5) is 0 Å². The van der Waals surface area contributed by atoms with Gasteiger partial charge >= 0.3 is 0 Å². The first-order valence-corrected chi connectivity index (χ1v) is 13.2. The summed E-state index contributed by atoms with van der Waals surface area (Å²) in [6.45, 7) is 0. The van der Waals surface area contributed by atoms with Crippen LogP contribution in [-0.4, -0.2) is 25.2 Å². The fraction of sp³-hybridized carbons (Fsp3) is 0.0625. The Bertz CT molecular complexity index is 1590. The van der Waals surface area contributed by atoms with Crippen molar-refractivity contribution in [3.05, 3.63) is 133 Å². The third-order valence-electron chi connectivity index (χ3n) is 6.79. The molecular weight excluding hydrogens is 472 g/mol. The van der Waals surface area contributed by atoms with Gasteiger partial charge in [-0.1, -0.05) is 91.0 Å². The van der Waals surface area contributed by atoms with Crippen LogP contribution in [0.25, 0.3) is 39.7 Å². The van der Waals surface area contributed by atoms with Crippen molar-refractivity contribution in [2.45, 2.75) is 16.1 Å². The second-order valence-electron chi connectivity index (χ2n) is 9.08. The third-order valence-corrected chi connectivity index (χ3v) is 8.13. The van der Waals surface area contributed by atoms with E-state index in [1.165, 1.54) is 21.6 Å². The maximum Gasteiger partial charge on any atom is 0.164 e. The minimum Gasteiger partial charge on any atom is -0.265 e. The van der Waals surface area contributed by atoms with Gasteiger partial charge in [0.25, 0.3) is 0 Å². The number of benzene rings is 3. The van der Waals surface area contributed by atoms with Crippen molar-refractivity contribution >= 4 is 17.3 Å². The second-order valence-corrected chi connectivity index (χ2v) is 10.3. The standard InChI is InChI=1S/C32H22N4S/c1-3-8-22(9-4-1)30-34-31(23-10-5-2-6-11-23)36-32(35-30)25-12-7-13-28-29(25)26-20-24(14-15-27(26)37-28)21-16-18-33-19-17-21/h1-20,26-27H. The third kappa shape index (κ3) is 4.07. The lowest BCUT2D eigenvalue weighted by Gasteiger charge is -2.21. The molecule has 0 bridgehead atoms. The molecule has 37 heavy (non-hydrogen) atoms. The van der Waals surface area contributed by atoms with Gasteiger partial charge in [-0.05, 0) is 34.9 Å². The van der Waals surface area contributed by atoms with E-state index in [0.717, 1.165) is 16.7 Å². The average Bonchev–Trinajstić information content (AvgIpc) is 3.36. The van der Waals surface area contributed by atoms with E-state index >= 15 is 0 Å². The van der Waals surface area contributed by atoms with Crippen LogP contribution in [0.15, 0.2) is 127 Å². The molecule has 0 radical (unpaired) electrons. The van der Waals surface area contributed by atoms with E-state index in [1.54, 1.807) is 0 Å². The van der Waals surface area contributed by atoms with Crippen LogP contribution in [0.5, 0.6) is 0 Å². The Balaban J connectivity index is 1.40. The highest BCUT2D eigenvalue weighted by Crippen LogP contribution is 2.52. The lowest BCUT2D eigenvalue weighted by Crippen LogP contribution is -2.10. The molecule has 0 amide bonds. The van der Waals surface area contributed by atoms with Gasteiger partial charge in [-0.2, -0.15) is 0 Å². The summed E-state index contributed by atoms with van der Waals surface area (Å²) >= 11 is 1.91. The molecule has 0 fully saturated rings. The van der Waals surface area contributed by atoms with Crippen LogP contribution in [0.1, 0.15) is 17.0 Å². The largest absolute Gasteiger partial charge is 0.265 e. The molecule has 5 heteroatoms. The molecule has 2 aliphatic rings. The van der Waals surface area contributed by atoms with E-state index in [-0.39, 0.29) is 5.92 Å². The van der Waals surface area contributed by atoms with Crippen molar-refractivity contribution in [2.75, 3.05) is 0 Å². The van der Waals surface area contributed by atoms with E-state index in [2.05, 4.69) is 53.5 Å². The Morgan fingerprint density at radius 2 is 1.24 bits per heavy atom. The average molecular weight is 495 g/mol. The summed E-state index contributed by atoms with van der Waals surface area (Å²) in [5, 5.41) is 0.353. The van der Waals surface area contributed by atoms with Gasteiger partial charge in [0.05, 0.1) is 0 Å². The first-order chi connectivity index (χ1) is 18.3. The SMILES string of the molecule is C1=CC2Sc3cccc(-c4nc(-c5ccccc5)nc(-c5ccccc5)n4)c3C2C=C1c1ccncc1. The molecule has 2 aromatic heterocycles. The molecule has 5 aromatic rings. The summed E-state index contributed by atoms with van der Waals surface area (Å²) in [6.07, 6.45) is 10.6. The summed E-state index contributed by atoms with van der Waals surface area (Å²) in [5.41, 5.74) is 6.70. The van der Waals surface area contributed by atoms with Gasteiger partial charge in [0, 0.05) is 45.1 Å². The van der Waals surface area contributed by atoms with Gasteiger partial charge in [-0.25, -0.2) is 15.0 Å². The first kappa shape index (κ1) is 21.9. The number of pyridine rings is 1. The topological polar surface area (TPSA) is 51.6 Å². The highest BCUT2D eigenvalue weighted by atomic mass is 32.2. The van der Waals surface area contributed by atoms with Gasteiger partial charge in [-0.15, -0.1) is 11.8 Å². The fourth-order valence-electron chi connectivity index (χ4n) is 5.02. The first-order valence-electron chi connectivity index (χ1n) is 12.3. The maximum absolute atomic E-state index is 5.01. The highest BCUT2D eigenvalue weighted by Gasteiger charge is 2.35. The highest BCUT2D eigenvalue weighted by molar-refractivity contribution is 8.00. The Hall–Kier alpha value is -4.35. The molecule has 4 nitrogen and oxygen atoms in total. The predicted octanol–water partition coefficient (Wildman–Crippen LogP) is 7.48. The summed E-state index contributed by atoms with van der Waals surface area (Å²) in [5.74, 6) is 2.31. The van der Waals surface area contributed by atoms with Crippen LogP contribution >= 0.6 is 11.8 Å². The molecular formula is C32H22N4S. The minimum absolute atomic E-state index is 0.237. The van der Waals surface area contributed by atoms with Crippen LogP contribution in [0, 0.1) is 0 Å². The monoisotopic (exact) mass is 494 g/mol. The fourth-order valence-corrected chi connectivity index (χ4v) is 6.36. The zero-order valence-electron chi connectivity index (χ0n) is 19.9. The maximum atomic E-state index is 5.01. The zero-order valence-corrected chi connectivity index (χ0v) is 20.7. The lowest BCUT2D eigenvalue weighted by molar-refractivity contribution is 0.882. The summed E-state index contributed by atoms with van der Waals surface area (Å²) in [6, 6.07) is 30.9. The molecule has 7 rings (SSSR count). The number of rotatable bonds is 4. The summed E-state index contributed by atoms with van der Waals surface area (Å²) in [7, 11) is 0. The molecule has 2 unspecified atom stereocenters. The van der Waals surface area contributed by atoms with E-state index in [4.69, 9.17) is 15.0 Å². The molecule has 3 heterocycles. The van der Waals surface area contributed by atoms with Gasteiger partial charge < -0.3 is 0 Å². The van der Waals surface area contributed by atoms with E-state index in [9.17, 15) is 0 Å². The van der Waals surface area contributed by atoms with Crippen LogP contribution in [0.3, 0.4) is 0 Å². The van der Waals surface area contributed by atoms with Crippen LogP contribution in [-0.2, 0) is 0 Å². The zero-order chi connectivity index (χ0) is 24.6. The number of hydrogen-bond acceptors (Lipinski definition) is 5. The number of aromatic nitrogens is 4. The van der Waals surface area contributed by atoms with Gasteiger partial charge in [0.15, 0.2) is 17.5 Å². The Morgan fingerprint density at radius 3 is 1.92 bits per heavy atom. The number of allylic oxidation sites excluding steroid dienone is 3. The number of hydrogen-bond donors (Lipinski definition) is 0. The van der Waals surface area contributed by atoms with Gasteiger partial charge in [-0.3, -0.25) is 4.98 Å². The molecule has 1 aliphatic carbocycles. The molecule has 0 N–H and O–H groups in total. The van der Waals surface area contributed by atoms with Crippen molar-refractivity contribution in [3.63, 3.8) is 0 Å². The predicted molar refractivity (Wildman–Crippen MR) is 150 cm³/mol. The van der Waals surface area contributed by atoms with Crippen LogP contribution < -0.4 is 0 Å². The number of thioether (sulfide) groups is 1.